The van der Waals surface area contributed by atoms with Crippen molar-refractivity contribution in [1.82, 2.24) is 5.32 Å². The topological polar surface area (TPSA) is 32.3 Å². The minimum Gasteiger partial charge on any atom is -0.396 e. The van der Waals surface area contributed by atoms with Crippen molar-refractivity contribution >= 4 is 0 Å². The van der Waals surface area contributed by atoms with Gasteiger partial charge in [0.2, 0.25) is 0 Å². The van der Waals surface area contributed by atoms with Gasteiger partial charge >= 0.3 is 0 Å². The molecule has 2 nitrogen and oxygen atoms in total. The summed E-state index contributed by atoms with van der Waals surface area (Å²) < 4.78 is 12.8. The summed E-state index contributed by atoms with van der Waals surface area (Å²) in [6.45, 7) is 6.29. The molecule has 1 aromatic carbocycles. The summed E-state index contributed by atoms with van der Waals surface area (Å²) in [5.74, 6) is -0.194. The number of unbranched alkanes of at least 4 members (excludes halogenated alkanes) is 1. The first kappa shape index (κ1) is 14.1. The molecule has 0 fully saturated rings. The van der Waals surface area contributed by atoms with E-state index in [0.29, 0.717) is 0 Å². The van der Waals surface area contributed by atoms with Crippen LogP contribution in [0.3, 0.4) is 0 Å². The molecule has 3 heteroatoms. The van der Waals surface area contributed by atoms with Gasteiger partial charge in [0, 0.05) is 18.6 Å². The van der Waals surface area contributed by atoms with Crippen LogP contribution in [0.1, 0.15) is 32.3 Å². The zero-order valence-corrected chi connectivity index (χ0v) is 10.7. The molecule has 1 aromatic rings. The van der Waals surface area contributed by atoms with Gasteiger partial charge in [-0.3, -0.25) is 0 Å². The molecule has 0 aromatic heterocycles. The Morgan fingerprint density at radius 2 is 1.82 bits per heavy atom. The van der Waals surface area contributed by atoms with Gasteiger partial charge in [-0.05, 0) is 37.1 Å². The molecule has 0 aliphatic rings. The molecule has 1 rings (SSSR count). The molecule has 0 bridgehead atoms. The van der Waals surface area contributed by atoms with E-state index in [1.165, 1.54) is 12.1 Å². The minimum absolute atomic E-state index is 0.00703. The predicted molar refractivity (Wildman–Crippen MR) is 68.6 cm³/mol. The summed E-state index contributed by atoms with van der Waals surface area (Å²) in [5, 5.41) is 12.0. The van der Waals surface area contributed by atoms with Crippen molar-refractivity contribution in [3.05, 3.63) is 35.6 Å². The smallest absolute Gasteiger partial charge is 0.123 e. The minimum atomic E-state index is -0.194. The third-order valence-corrected chi connectivity index (χ3v) is 2.95. The van der Waals surface area contributed by atoms with Crippen LogP contribution in [0.2, 0.25) is 0 Å². The number of benzene rings is 1. The summed E-state index contributed by atoms with van der Waals surface area (Å²) in [6, 6.07) is 6.68. The van der Waals surface area contributed by atoms with Crippen molar-refractivity contribution in [2.75, 3.05) is 19.7 Å². The van der Waals surface area contributed by atoms with Crippen molar-refractivity contribution in [2.24, 2.45) is 0 Å². The fourth-order valence-corrected chi connectivity index (χ4v) is 1.77. The molecule has 17 heavy (non-hydrogen) atoms. The van der Waals surface area contributed by atoms with Crippen molar-refractivity contribution in [1.29, 1.82) is 0 Å². The van der Waals surface area contributed by atoms with Crippen LogP contribution in [-0.2, 0) is 5.41 Å². The zero-order valence-electron chi connectivity index (χ0n) is 10.7. The first-order valence-electron chi connectivity index (χ1n) is 6.14. The Morgan fingerprint density at radius 1 is 1.18 bits per heavy atom. The average Bonchev–Trinajstić information content (AvgIpc) is 2.29. The van der Waals surface area contributed by atoms with Crippen molar-refractivity contribution in [3.8, 4) is 0 Å². The van der Waals surface area contributed by atoms with Crippen LogP contribution in [0, 0.1) is 5.82 Å². The highest BCUT2D eigenvalue weighted by Gasteiger charge is 2.19. The van der Waals surface area contributed by atoms with Gasteiger partial charge in [0.1, 0.15) is 5.82 Å². The Morgan fingerprint density at radius 3 is 2.41 bits per heavy atom. The molecule has 0 heterocycles. The average molecular weight is 239 g/mol. The maximum atomic E-state index is 12.8. The summed E-state index contributed by atoms with van der Waals surface area (Å²) in [4.78, 5) is 0. The molecule has 0 aliphatic heterocycles. The lowest BCUT2D eigenvalue weighted by Gasteiger charge is -2.25. The van der Waals surface area contributed by atoms with Crippen LogP contribution in [-0.4, -0.2) is 24.8 Å². The number of rotatable bonds is 7. The Balaban J connectivity index is 2.42. The van der Waals surface area contributed by atoms with E-state index in [1.54, 1.807) is 0 Å². The normalized spacial score (nSPS) is 11.8. The molecule has 0 aliphatic carbocycles. The molecule has 0 saturated carbocycles. The van der Waals surface area contributed by atoms with E-state index in [-0.39, 0.29) is 17.8 Å². The van der Waals surface area contributed by atoms with Crippen LogP contribution in [0.5, 0.6) is 0 Å². The van der Waals surface area contributed by atoms with E-state index >= 15 is 0 Å². The van der Waals surface area contributed by atoms with Crippen LogP contribution in [0.4, 0.5) is 4.39 Å². The third-order valence-electron chi connectivity index (χ3n) is 2.95. The van der Waals surface area contributed by atoms with Crippen molar-refractivity contribution < 1.29 is 9.50 Å². The second kappa shape index (κ2) is 6.72. The second-order valence-corrected chi connectivity index (χ2v) is 5.00. The van der Waals surface area contributed by atoms with Gasteiger partial charge in [0.05, 0.1) is 0 Å². The van der Waals surface area contributed by atoms with E-state index in [0.717, 1.165) is 31.5 Å². The Kier molecular flexibility index (Phi) is 5.59. The molecule has 0 atom stereocenters. The number of nitrogens with one attached hydrogen (secondary N) is 1. The molecule has 0 amide bonds. The maximum absolute atomic E-state index is 12.8. The van der Waals surface area contributed by atoms with Crippen LogP contribution in [0.25, 0.3) is 0 Å². The monoisotopic (exact) mass is 239 g/mol. The van der Waals surface area contributed by atoms with Crippen molar-refractivity contribution in [2.45, 2.75) is 32.1 Å². The fraction of sp³-hybridized carbons (Fsp3) is 0.571. The van der Waals surface area contributed by atoms with Gasteiger partial charge in [-0.15, -0.1) is 0 Å². The predicted octanol–water partition coefficient (Wildman–Crippen LogP) is 2.47. The molecular formula is C14H22FNO. The Hall–Kier alpha value is -0.930. The number of hydrogen-bond acceptors (Lipinski definition) is 2. The van der Waals surface area contributed by atoms with Crippen LogP contribution in [0.15, 0.2) is 24.3 Å². The number of aliphatic hydroxyl groups excluding tert-OH is 1. The summed E-state index contributed by atoms with van der Waals surface area (Å²) in [6.07, 6.45) is 1.82. The summed E-state index contributed by atoms with van der Waals surface area (Å²) >= 11 is 0. The van der Waals surface area contributed by atoms with Gasteiger partial charge in [-0.1, -0.05) is 26.0 Å². The van der Waals surface area contributed by atoms with Gasteiger partial charge in [0.25, 0.3) is 0 Å². The van der Waals surface area contributed by atoms with E-state index < -0.39 is 0 Å². The molecule has 0 unspecified atom stereocenters. The first-order valence-corrected chi connectivity index (χ1v) is 6.14. The lowest BCUT2D eigenvalue weighted by Crippen LogP contribution is -2.33. The molecule has 0 spiro atoms. The lowest BCUT2D eigenvalue weighted by molar-refractivity contribution is 0.283. The highest BCUT2D eigenvalue weighted by Crippen LogP contribution is 2.22. The Bertz CT molecular complexity index is 321. The lowest BCUT2D eigenvalue weighted by atomic mass is 9.84. The molecule has 2 N–H and O–H groups in total. The first-order chi connectivity index (χ1) is 8.06. The third kappa shape index (κ3) is 4.84. The molecule has 96 valence electrons. The van der Waals surface area contributed by atoms with Gasteiger partial charge < -0.3 is 10.4 Å². The standard InChI is InChI=1S/C14H22FNO/c1-14(2,11-16-9-3-4-10-17)12-5-7-13(15)8-6-12/h5-8,16-17H,3-4,9-11H2,1-2H3. The van der Waals surface area contributed by atoms with Crippen molar-refractivity contribution in [3.63, 3.8) is 0 Å². The van der Waals surface area contributed by atoms with E-state index in [9.17, 15) is 4.39 Å². The highest BCUT2D eigenvalue weighted by molar-refractivity contribution is 5.24. The summed E-state index contributed by atoms with van der Waals surface area (Å²) in [5.41, 5.74) is 1.13. The number of halogens is 1. The quantitative estimate of drug-likeness (QED) is 0.716. The number of aliphatic hydroxyl groups is 1. The van der Waals surface area contributed by atoms with E-state index in [4.69, 9.17) is 5.11 Å². The molecule has 0 radical (unpaired) electrons. The maximum Gasteiger partial charge on any atom is 0.123 e. The second-order valence-electron chi connectivity index (χ2n) is 5.00. The summed E-state index contributed by atoms with van der Waals surface area (Å²) in [7, 11) is 0. The SMILES string of the molecule is CC(C)(CNCCCCO)c1ccc(F)cc1. The Labute approximate surface area is 103 Å². The number of hydrogen-bond donors (Lipinski definition) is 2. The van der Waals surface area contributed by atoms with Crippen LogP contribution < -0.4 is 5.32 Å². The highest BCUT2D eigenvalue weighted by atomic mass is 19.1. The zero-order chi connectivity index (χ0) is 12.7. The largest absolute Gasteiger partial charge is 0.396 e. The molecular weight excluding hydrogens is 217 g/mol. The van der Waals surface area contributed by atoms with E-state index in [1.807, 2.05) is 12.1 Å². The van der Waals surface area contributed by atoms with Crippen LogP contribution >= 0.6 is 0 Å². The fourth-order valence-electron chi connectivity index (χ4n) is 1.77. The van der Waals surface area contributed by atoms with Gasteiger partial charge in [0.15, 0.2) is 0 Å². The molecule has 0 saturated heterocycles. The van der Waals surface area contributed by atoms with E-state index in [2.05, 4.69) is 19.2 Å². The van der Waals surface area contributed by atoms with Gasteiger partial charge in [-0.25, -0.2) is 4.39 Å². The van der Waals surface area contributed by atoms with Gasteiger partial charge in [-0.2, -0.15) is 0 Å².